The highest BCUT2D eigenvalue weighted by atomic mass is 16.5. The lowest BCUT2D eigenvalue weighted by Crippen LogP contribution is -2.27. The highest BCUT2D eigenvalue weighted by Gasteiger charge is 2.22. The summed E-state index contributed by atoms with van der Waals surface area (Å²) in [6, 6.07) is 16.9. The number of rotatable bonds is 5. The van der Waals surface area contributed by atoms with Gasteiger partial charge in [0.05, 0.1) is 36.7 Å². The number of ether oxygens (including phenoxy) is 2. The number of methoxy groups -OCH3 is 1. The Morgan fingerprint density at radius 1 is 0.974 bits per heavy atom. The largest absolute Gasteiger partial charge is 0.497 e. The molecule has 0 aliphatic carbocycles. The molecule has 194 valence electrons. The van der Waals surface area contributed by atoms with E-state index < -0.39 is 0 Å². The number of benzene rings is 3. The highest BCUT2D eigenvalue weighted by Crippen LogP contribution is 2.36. The molecular formula is C30H32N6O2. The fraction of sp³-hybridized carbons (Fsp3) is 0.300. The molecule has 0 atom stereocenters. The van der Waals surface area contributed by atoms with E-state index in [0.29, 0.717) is 19.7 Å². The summed E-state index contributed by atoms with van der Waals surface area (Å²) in [6.07, 6.45) is 0. The Balaban J connectivity index is 1.43. The number of imidazole rings is 1. The lowest BCUT2D eigenvalue weighted by atomic mass is 9.98. The van der Waals surface area contributed by atoms with Crippen LogP contribution in [0.3, 0.4) is 0 Å². The van der Waals surface area contributed by atoms with Crippen LogP contribution < -0.4 is 14.4 Å². The van der Waals surface area contributed by atoms with Gasteiger partial charge in [0.15, 0.2) is 0 Å². The lowest BCUT2D eigenvalue weighted by molar-refractivity contribution is 0.329. The normalized spacial score (nSPS) is 13.6. The number of aromatic nitrogens is 4. The van der Waals surface area contributed by atoms with Gasteiger partial charge < -0.3 is 24.3 Å². The lowest BCUT2D eigenvalue weighted by Gasteiger charge is -2.24. The molecular weight excluding hydrogens is 476 g/mol. The second kappa shape index (κ2) is 9.61. The van der Waals surface area contributed by atoms with Crippen LogP contribution in [-0.2, 0) is 13.1 Å². The van der Waals surface area contributed by atoms with Gasteiger partial charge in [-0.25, -0.2) is 15.0 Å². The van der Waals surface area contributed by atoms with Crippen molar-refractivity contribution in [1.82, 2.24) is 24.8 Å². The highest BCUT2D eigenvalue weighted by molar-refractivity contribution is 5.90. The average molecular weight is 509 g/mol. The quantitative estimate of drug-likeness (QED) is 0.347. The summed E-state index contributed by atoms with van der Waals surface area (Å²) in [7, 11) is 5.74. The van der Waals surface area contributed by atoms with E-state index >= 15 is 0 Å². The van der Waals surface area contributed by atoms with Crippen molar-refractivity contribution < 1.29 is 9.47 Å². The maximum Gasteiger partial charge on any atom is 0.145 e. The van der Waals surface area contributed by atoms with Crippen LogP contribution in [0.5, 0.6) is 11.5 Å². The van der Waals surface area contributed by atoms with Gasteiger partial charge in [-0.05, 0) is 81.0 Å². The first kappa shape index (κ1) is 24.2. The van der Waals surface area contributed by atoms with E-state index in [4.69, 9.17) is 19.4 Å². The molecule has 2 aromatic heterocycles. The fourth-order valence-electron chi connectivity index (χ4n) is 5.24. The van der Waals surface area contributed by atoms with Crippen LogP contribution in [0, 0.1) is 13.8 Å². The van der Waals surface area contributed by atoms with Crippen LogP contribution in [0.2, 0.25) is 0 Å². The topological polar surface area (TPSA) is 79.4 Å². The van der Waals surface area contributed by atoms with Gasteiger partial charge in [-0.1, -0.05) is 6.07 Å². The van der Waals surface area contributed by atoms with E-state index in [1.807, 2.05) is 33.2 Å². The number of H-pyrrole nitrogens is 1. The number of aromatic amines is 1. The zero-order valence-electron chi connectivity index (χ0n) is 22.5. The van der Waals surface area contributed by atoms with E-state index in [9.17, 15) is 0 Å². The molecule has 0 saturated carbocycles. The molecule has 8 nitrogen and oxygen atoms in total. The van der Waals surface area contributed by atoms with Crippen molar-refractivity contribution in [3.05, 3.63) is 71.3 Å². The molecule has 0 unspecified atom stereocenters. The molecule has 5 aromatic rings. The van der Waals surface area contributed by atoms with Crippen molar-refractivity contribution in [2.75, 3.05) is 39.3 Å². The minimum absolute atomic E-state index is 0.580. The first-order valence-corrected chi connectivity index (χ1v) is 12.9. The van der Waals surface area contributed by atoms with Gasteiger partial charge in [0.2, 0.25) is 0 Å². The molecule has 0 radical (unpaired) electrons. The fourth-order valence-corrected chi connectivity index (χ4v) is 5.24. The minimum atomic E-state index is 0.580. The van der Waals surface area contributed by atoms with Gasteiger partial charge in [0.25, 0.3) is 0 Å². The van der Waals surface area contributed by atoms with Crippen molar-refractivity contribution in [2.24, 2.45) is 0 Å². The summed E-state index contributed by atoms with van der Waals surface area (Å²) in [5, 5.41) is 1.00. The second-order valence-electron chi connectivity index (χ2n) is 10.2. The monoisotopic (exact) mass is 508 g/mol. The van der Waals surface area contributed by atoms with Crippen LogP contribution >= 0.6 is 0 Å². The number of fused-ring (bicyclic) bond motifs is 3. The van der Waals surface area contributed by atoms with Gasteiger partial charge in [-0.2, -0.15) is 0 Å². The molecule has 0 bridgehead atoms. The molecule has 1 aliphatic rings. The summed E-state index contributed by atoms with van der Waals surface area (Å²) in [5.74, 6) is 4.36. The second-order valence-corrected chi connectivity index (χ2v) is 10.2. The molecule has 1 aliphatic heterocycles. The molecule has 38 heavy (non-hydrogen) atoms. The van der Waals surface area contributed by atoms with Crippen LogP contribution in [0.25, 0.3) is 33.1 Å². The summed E-state index contributed by atoms with van der Waals surface area (Å²) >= 11 is 0. The smallest absolute Gasteiger partial charge is 0.145 e. The Morgan fingerprint density at radius 2 is 1.84 bits per heavy atom. The molecule has 6 rings (SSSR count). The number of nitrogens with one attached hydrogen (secondary N) is 1. The maximum atomic E-state index is 6.31. The summed E-state index contributed by atoms with van der Waals surface area (Å²) in [4.78, 5) is 22.2. The third-order valence-corrected chi connectivity index (χ3v) is 6.94. The van der Waals surface area contributed by atoms with Crippen molar-refractivity contribution in [3.8, 4) is 22.6 Å². The molecule has 0 spiro atoms. The summed E-state index contributed by atoms with van der Waals surface area (Å²) in [6.45, 7) is 6.75. The standard InChI is InChI=1S/C30H32N6O2/c1-18-12-21(20-6-9-25-27(14-20)32-19(2)31-25)13-22-16-36(10-11-38-29(18)22)30-24-8-7-23(37-5)15-26(24)33-28(34-30)17-35(3)4/h6-9,12-15H,10-11,16-17H2,1-5H3,(H,31,32). The van der Waals surface area contributed by atoms with E-state index in [1.165, 1.54) is 0 Å². The number of aryl methyl sites for hydroxylation is 2. The summed E-state index contributed by atoms with van der Waals surface area (Å²) < 4.78 is 11.8. The van der Waals surface area contributed by atoms with Crippen LogP contribution in [0.4, 0.5) is 5.82 Å². The molecule has 3 heterocycles. The van der Waals surface area contributed by atoms with Gasteiger partial charge in [-0.3, -0.25) is 0 Å². The van der Waals surface area contributed by atoms with Gasteiger partial charge >= 0.3 is 0 Å². The van der Waals surface area contributed by atoms with Gasteiger partial charge in [0, 0.05) is 23.6 Å². The molecule has 0 saturated heterocycles. The Morgan fingerprint density at radius 3 is 2.66 bits per heavy atom. The van der Waals surface area contributed by atoms with Crippen molar-refractivity contribution in [3.63, 3.8) is 0 Å². The Bertz CT molecular complexity index is 1660. The van der Waals surface area contributed by atoms with Crippen LogP contribution in [0.15, 0.2) is 48.5 Å². The molecule has 0 fully saturated rings. The van der Waals surface area contributed by atoms with E-state index in [2.05, 4.69) is 63.1 Å². The first-order valence-electron chi connectivity index (χ1n) is 12.9. The van der Waals surface area contributed by atoms with Crippen LogP contribution in [-0.4, -0.2) is 59.2 Å². The van der Waals surface area contributed by atoms with E-state index in [-0.39, 0.29) is 0 Å². The molecule has 3 aromatic carbocycles. The van der Waals surface area contributed by atoms with E-state index in [1.54, 1.807) is 7.11 Å². The SMILES string of the molecule is COc1ccc2c(N3CCOc4c(C)cc(-c5ccc6[nH]c(C)nc6c5)cc4C3)nc(CN(C)C)nc2c1. The number of nitrogens with zero attached hydrogens (tertiary/aromatic N) is 5. The van der Waals surface area contributed by atoms with Crippen LogP contribution in [0.1, 0.15) is 22.8 Å². The van der Waals surface area contributed by atoms with Crippen molar-refractivity contribution in [1.29, 1.82) is 0 Å². The number of hydrogen-bond acceptors (Lipinski definition) is 7. The molecule has 8 heteroatoms. The third-order valence-electron chi connectivity index (χ3n) is 6.94. The van der Waals surface area contributed by atoms with Gasteiger partial charge in [-0.15, -0.1) is 0 Å². The maximum absolute atomic E-state index is 6.31. The van der Waals surface area contributed by atoms with Crippen molar-refractivity contribution in [2.45, 2.75) is 26.9 Å². The average Bonchev–Trinajstić information content (AvgIpc) is 3.12. The number of anilines is 1. The summed E-state index contributed by atoms with van der Waals surface area (Å²) in [5.41, 5.74) is 7.46. The Labute approximate surface area is 222 Å². The van der Waals surface area contributed by atoms with E-state index in [0.717, 1.165) is 79.7 Å². The Hall–Kier alpha value is -4.17. The third kappa shape index (κ3) is 4.52. The Kier molecular flexibility index (Phi) is 6.12. The minimum Gasteiger partial charge on any atom is -0.497 e. The van der Waals surface area contributed by atoms with Crippen molar-refractivity contribution >= 4 is 27.8 Å². The predicted molar refractivity (Wildman–Crippen MR) is 151 cm³/mol. The molecule has 1 N–H and O–H groups in total. The zero-order valence-corrected chi connectivity index (χ0v) is 22.5. The zero-order chi connectivity index (χ0) is 26.4. The van der Waals surface area contributed by atoms with Gasteiger partial charge in [0.1, 0.15) is 35.6 Å². The first-order chi connectivity index (χ1) is 18.4. The predicted octanol–water partition coefficient (Wildman–Crippen LogP) is 5.26. The number of hydrogen-bond donors (Lipinski definition) is 1. The molecule has 0 amide bonds.